The zero-order valence-corrected chi connectivity index (χ0v) is 18.0. The van der Waals surface area contributed by atoms with Crippen LogP contribution in [-0.4, -0.2) is 9.55 Å². The van der Waals surface area contributed by atoms with Crippen LogP contribution in [0.15, 0.2) is 109 Å². The molecular weight excluding hydrogens is 408 g/mol. The number of nitrogens with zero attached hydrogens (tertiary/aromatic N) is 2. The van der Waals surface area contributed by atoms with Gasteiger partial charge in [-0.1, -0.05) is 66.7 Å². The Hall–Kier alpha value is -3.95. The molecule has 0 unspecified atom stereocenters. The standard InChI is InChI=1S/C29H18N2S/c1-3-12-26-22(7-1)25-11-6-18-30-29(25)31(26)20-16-14-19(15-17-20)21-9-5-10-24-23-8-2-4-13-27(23)32-28(21)24/h1-18H. The molecule has 3 heterocycles. The van der Waals surface area contributed by atoms with Crippen molar-refractivity contribution in [2.75, 3.05) is 0 Å². The molecule has 0 saturated heterocycles. The lowest BCUT2D eigenvalue weighted by Gasteiger charge is -2.09. The van der Waals surface area contributed by atoms with Crippen LogP contribution in [0.25, 0.3) is 58.9 Å². The maximum Gasteiger partial charge on any atom is 0.145 e. The summed E-state index contributed by atoms with van der Waals surface area (Å²) in [5.41, 5.74) is 5.83. The summed E-state index contributed by atoms with van der Waals surface area (Å²) >= 11 is 1.87. The minimum atomic E-state index is 0.994. The number of pyridine rings is 1. The van der Waals surface area contributed by atoms with E-state index in [4.69, 9.17) is 4.98 Å². The predicted molar refractivity (Wildman–Crippen MR) is 137 cm³/mol. The van der Waals surface area contributed by atoms with Crippen molar-refractivity contribution in [2.24, 2.45) is 0 Å². The first-order valence-electron chi connectivity index (χ1n) is 10.7. The van der Waals surface area contributed by atoms with Gasteiger partial charge in [0.25, 0.3) is 0 Å². The van der Waals surface area contributed by atoms with E-state index in [1.54, 1.807) is 0 Å². The highest BCUT2D eigenvalue weighted by atomic mass is 32.1. The Morgan fingerprint density at radius 2 is 1.34 bits per heavy atom. The van der Waals surface area contributed by atoms with E-state index >= 15 is 0 Å². The molecule has 0 aliphatic heterocycles. The van der Waals surface area contributed by atoms with Gasteiger partial charge in [0.2, 0.25) is 0 Å². The highest BCUT2D eigenvalue weighted by Gasteiger charge is 2.14. The molecular formula is C29H18N2S. The molecule has 0 aliphatic rings. The number of benzene rings is 4. The largest absolute Gasteiger partial charge is 0.294 e. The smallest absolute Gasteiger partial charge is 0.145 e. The molecule has 0 N–H and O–H groups in total. The summed E-state index contributed by atoms with van der Waals surface area (Å²) in [6.07, 6.45) is 1.87. The Balaban J connectivity index is 1.42. The molecule has 0 saturated carbocycles. The topological polar surface area (TPSA) is 17.8 Å². The van der Waals surface area contributed by atoms with Gasteiger partial charge in [-0.25, -0.2) is 4.98 Å². The molecule has 7 aromatic rings. The van der Waals surface area contributed by atoms with E-state index in [0.717, 1.165) is 11.3 Å². The van der Waals surface area contributed by atoms with Crippen molar-refractivity contribution in [1.82, 2.24) is 9.55 Å². The summed E-state index contributed by atoms with van der Waals surface area (Å²) in [4.78, 5) is 4.71. The predicted octanol–water partition coefficient (Wildman–Crippen LogP) is 8.21. The van der Waals surface area contributed by atoms with E-state index in [1.807, 2.05) is 23.6 Å². The lowest BCUT2D eigenvalue weighted by molar-refractivity contribution is 1.14. The summed E-state index contributed by atoms with van der Waals surface area (Å²) in [6.45, 7) is 0. The third-order valence-corrected chi connectivity index (χ3v) is 7.49. The van der Waals surface area contributed by atoms with Crippen molar-refractivity contribution < 1.29 is 0 Å². The van der Waals surface area contributed by atoms with Gasteiger partial charge < -0.3 is 0 Å². The van der Waals surface area contributed by atoms with Crippen molar-refractivity contribution in [3.63, 3.8) is 0 Å². The van der Waals surface area contributed by atoms with Gasteiger partial charge in [0.1, 0.15) is 5.65 Å². The van der Waals surface area contributed by atoms with Crippen LogP contribution < -0.4 is 0 Å². The van der Waals surface area contributed by atoms with E-state index < -0.39 is 0 Å². The average Bonchev–Trinajstić information content (AvgIpc) is 3.40. The molecule has 150 valence electrons. The molecule has 2 nitrogen and oxygen atoms in total. The number of hydrogen-bond acceptors (Lipinski definition) is 2. The molecule has 0 spiro atoms. The maximum absolute atomic E-state index is 4.71. The van der Waals surface area contributed by atoms with Crippen molar-refractivity contribution >= 4 is 53.4 Å². The van der Waals surface area contributed by atoms with Gasteiger partial charge in [-0.3, -0.25) is 4.57 Å². The van der Waals surface area contributed by atoms with Gasteiger partial charge >= 0.3 is 0 Å². The molecule has 0 aliphatic carbocycles. The first-order chi connectivity index (χ1) is 15.9. The average molecular weight is 427 g/mol. The lowest BCUT2D eigenvalue weighted by atomic mass is 10.0. The number of rotatable bonds is 2. The summed E-state index contributed by atoms with van der Waals surface area (Å²) in [5.74, 6) is 0. The van der Waals surface area contributed by atoms with Gasteiger partial charge in [0.05, 0.1) is 5.52 Å². The third-order valence-electron chi connectivity index (χ3n) is 6.27. The molecule has 0 radical (unpaired) electrons. The van der Waals surface area contributed by atoms with Crippen LogP contribution >= 0.6 is 11.3 Å². The molecule has 4 aromatic carbocycles. The molecule has 0 fully saturated rings. The van der Waals surface area contributed by atoms with Crippen molar-refractivity contribution in [3.05, 3.63) is 109 Å². The van der Waals surface area contributed by atoms with Crippen molar-refractivity contribution in [2.45, 2.75) is 0 Å². The van der Waals surface area contributed by atoms with E-state index in [1.165, 1.54) is 47.6 Å². The van der Waals surface area contributed by atoms with Gasteiger partial charge in [0.15, 0.2) is 0 Å². The lowest BCUT2D eigenvalue weighted by Crippen LogP contribution is -1.95. The molecule has 3 heteroatoms. The van der Waals surface area contributed by atoms with Gasteiger partial charge in [-0.15, -0.1) is 11.3 Å². The van der Waals surface area contributed by atoms with Crippen molar-refractivity contribution in [1.29, 1.82) is 0 Å². The minimum absolute atomic E-state index is 0.994. The monoisotopic (exact) mass is 426 g/mol. The molecule has 0 amide bonds. The summed E-state index contributed by atoms with van der Waals surface area (Å²) in [6, 6.07) is 36.9. The molecule has 0 bridgehead atoms. The molecule has 0 atom stereocenters. The first-order valence-corrected chi connectivity index (χ1v) is 11.6. The fourth-order valence-corrected chi connectivity index (χ4v) is 6.06. The Morgan fingerprint density at radius 1 is 0.594 bits per heavy atom. The fourth-order valence-electron chi connectivity index (χ4n) is 4.82. The third kappa shape index (κ3) is 2.49. The highest BCUT2D eigenvalue weighted by molar-refractivity contribution is 7.26. The van der Waals surface area contributed by atoms with E-state index in [0.29, 0.717) is 0 Å². The van der Waals surface area contributed by atoms with Crippen LogP contribution in [0.2, 0.25) is 0 Å². The second-order valence-electron chi connectivity index (χ2n) is 8.05. The molecule has 32 heavy (non-hydrogen) atoms. The minimum Gasteiger partial charge on any atom is -0.294 e. The summed E-state index contributed by atoms with van der Waals surface area (Å²) in [5, 5.41) is 5.08. The number of thiophene rings is 1. The first kappa shape index (κ1) is 17.7. The van der Waals surface area contributed by atoms with Crippen molar-refractivity contribution in [3.8, 4) is 16.8 Å². The van der Waals surface area contributed by atoms with Gasteiger partial charge in [0, 0.05) is 42.8 Å². The Morgan fingerprint density at radius 3 is 2.25 bits per heavy atom. The number of fused-ring (bicyclic) bond motifs is 6. The van der Waals surface area contributed by atoms with Gasteiger partial charge in [-0.2, -0.15) is 0 Å². The SMILES string of the molecule is c1ccc2c(c1)sc1c(-c3ccc(-n4c5ccccc5c5cccnc54)cc3)cccc12. The Kier molecular flexibility index (Phi) is 3.75. The summed E-state index contributed by atoms with van der Waals surface area (Å²) in [7, 11) is 0. The van der Waals surface area contributed by atoms with Crippen LogP contribution in [-0.2, 0) is 0 Å². The zero-order chi connectivity index (χ0) is 21.1. The van der Waals surface area contributed by atoms with Crippen LogP contribution in [0.4, 0.5) is 0 Å². The van der Waals surface area contributed by atoms with Crippen LogP contribution in [0.1, 0.15) is 0 Å². The van der Waals surface area contributed by atoms with E-state index in [9.17, 15) is 0 Å². The number of aromatic nitrogens is 2. The summed E-state index contributed by atoms with van der Waals surface area (Å²) < 4.78 is 4.94. The normalized spacial score (nSPS) is 11.8. The van der Waals surface area contributed by atoms with E-state index in [2.05, 4.69) is 102 Å². The number of para-hydroxylation sites is 1. The van der Waals surface area contributed by atoms with E-state index in [-0.39, 0.29) is 0 Å². The van der Waals surface area contributed by atoms with Crippen LogP contribution in [0.5, 0.6) is 0 Å². The maximum atomic E-state index is 4.71. The van der Waals surface area contributed by atoms with Gasteiger partial charge in [-0.05, 0) is 47.5 Å². The second-order valence-corrected chi connectivity index (χ2v) is 9.11. The zero-order valence-electron chi connectivity index (χ0n) is 17.2. The number of hydrogen-bond donors (Lipinski definition) is 0. The molecule has 7 rings (SSSR count). The van der Waals surface area contributed by atoms with Crippen LogP contribution in [0.3, 0.4) is 0 Å². The highest BCUT2D eigenvalue weighted by Crippen LogP contribution is 2.40. The fraction of sp³-hybridized carbons (Fsp3) is 0. The quantitative estimate of drug-likeness (QED) is 0.272. The van der Waals surface area contributed by atoms with Crippen LogP contribution in [0, 0.1) is 0 Å². The second kappa shape index (κ2) is 6.78. The molecule has 3 aromatic heterocycles. The Bertz CT molecular complexity index is 1720. The Labute approximate surface area is 189 Å².